The molecule has 4 rings (SSSR count). The number of likely N-dealkylation sites (N-methyl/N-ethyl adjacent to an activating group) is 1. The Morgan fingerprint density at radius 2 is 1.96 bits per heavy atom. The molecule has 3 heterocycles. The fraction of sp³-hybridized carbons (Fsp3) is 0.400. The van der Waals surface area contributed by atoms with E-state index in [-0.39, 0.29) is 17.8 Å². The van der Waals surface area contributed by atoms with Crippen LogP contribution in [-0.4, -0.2) is 65.4 Å². The van der Waals surface area contributed by atoms with E-state index < -0.39 is 5.54 Å². The van der Waals surface area contributed by atoms with Crippen LogP contribution in [0.1, 0.15) is 28.9 Å². The van der Waals surface area contributed by atoms with Gasteiger partial charge in [0.2, 0.25) is 0 Å². The van der Waals surface area contributed by atoms with Gasteiger partial charge in [0.1, 0.15) is 16.8 Å². The third kappa shape index (κ3) is 2.67. The number of aromatic nitrogens is 1. The van der Waals surface area contributed by atoms with Crippen molar-refractivity contribution in [2.75, 3.05) is 27.2 Å². The number of nitrogens with one attached hydrogen (secondary N) is 1. The van der Waals surface area contributed by atoms with Crippen molar-refractivity contribution in [1.82, 2.24) is 20.1 Å². The number of aryl methyl sites for hydroxylation is 1. The third-order valence-electron chi connectivity index (χ3n) is 5.72. The van der Waals surface area contributed by atoms with E-state index in [1.807, 2.05) is 24.3 Å². The van der Waals surface area contributed by atoms with Gasteiger partial charge in [-0.2, -0.15) is 0 Å². The van der Waals surface area contributed by atoms with Crippen molar-refractivity contribution in [3.8, 4) is 5.75 Å². The molecule has 8 heteroatoms. The van der Waals surface area contributed by atoms with E-state index in [0.717, 1.165) is 15.8 Å². The summed E-state index contributed by atoms with van der Waals surface area (Å²) in [5.74, 6) is 0.328. The molecule has 0 aliphatic carbocycles. The molecule has 28 heavy (non-hydrogen) atoms. The lowest BCUT2D eigenvalue weighted by Crippen LogP contribution is -2.55. The first-order chi connectivity index (χ1) is 13.4. The second kappa shape index (κ2) is 6.47. The summed E-state index contributed by atoms with van der Waals surface area (Å²) in [7, 11) is 3.07. The Morgan fingerprint density at radius 1 is 1.25 bits per heavy atom. The van der Waals surface area contributed by atoms with E-state index in [1.165, 1.54) is 7.05 Å². The first-order valence-electron chi connectivity index (χ1n) is 9.20. The smallest absolute Gasteiger partial charge is 0.324 e. The van der Waals surface area contributed by atoms with Gasteiger partial charge in [0.15, 0.2) is 0 Å². The van der Waals surface area contributed by atoms with Crippen LogP contribution in [-0.2, 0) is 4.79 Å². The molecule has 0 radical (unpaired) electrons. The number of para-hydroxylation sites is 1. The molecule has 1 spiro atoms. The van der Waals surface area contributed by atoms with Crippen LogP contribution in [0.4, 0.5) is 4.79 Å². The van der Waals surface area contributed by atoms with Crippen molar-refractivity contribution in [3.05, 3.63) is 35.5 Å². The van der Waals surface area contributed by atoms with Crippen molar-refractivity contribution < 1.29 is 19.1 Å². The number of benzene rings is 1. The molecular weight excluding hydrogens is 360 g/mol. The Morgan fingerprint density at radius 3 is 2.57 bits per heavy atom. The quantitative estimate of drug-likeness (QED) is 0.799. The number of methoxy groups -OCH3 is 1. The maximum Gasteiger partial charge on any atom is 0.324 e. The monoisotopic (exact) mass is 382 g/mol. The average molecular weight is 382 g/mol. The minimum atomic E-state index is -0.882. The third-order valence-corrected chi connectivity index (χ3v) is 5.72. The van der Waals surface area contributed by atoms with Crippen LogP contribution >= 0.6 is 0 Å². The molecule has 8 nitrogen and oxygen atoms in total. The van der Waals surface area contributed by atoms with E-state index in [0.29, 0.717) is 42.9 Å². The van der Waals surface area contributed by atoms with E-state index in [2.05, 4.69) is 10.3 Å². The highest BCUT2D eigenvalue weighted by molar-refractivity contribution is 6.07. The van der Waals surface area contributed by atoms with E-state index in [1.54, 1.807) is 18.9 Å². The maximum absolute atomic E-state index is 13.1. The summed E-state index contributed by atoms with van der Waals surface area (Å²) in [5, 5.41) is 3.62. The summed E-state index contributed by atoms with van der Waals surface area (Å²) >= 11 is 0. The second-order valence-electron chi connectivity index (χ2n) is 7.32. The highest BCUT2D eigenvalue weighted by Crippen LogP contribution is 2.31. The number of amides is 4. The van der Waals surface area contributed by atoms with Crippen LogP contribution in [0.5, 0.6) is 5.75 Å². The summed E-state index contributed by atoms with van der Waals surface area (Å²) in [4.78, 5) is 44.7. The highest BCUT2D eigenvalue weighted by Gasteiger charge is 2.51. The molecule has 2 aliphatic rings. The number of carbonyl (C=O) groups is 3. The second-order valence-corrected chi connectivity index (χ2v) is 7.32. The topological polar surface area (TPSA) is 91.8 Å². The van der Waals surface area contributed by atoms with Crippen LogP contribution in [0, 0.1) is 6.92 Å². The van der Waals surface area contributed by atoms with Gasteiger partial charge >= 0.3 is 6.03 Å². The summed E-state index contributed by atoms with van der Waals surface area (Å²) in [6, 6.07) is 7.05. The SMILES string of the molecule is COc1cccc2cc(C(=O)N3CCC4(CC3)NC(=O)N(C)C4=O)c(C)nc12. The van der Waals surface area contributed by atoms with Crippen molar-refractivity contribution >= 4 is 28.7 Å². The zero-order valence-electron chi connectivity index (χ0n) is 16.1. The Hall–Kier alpha value is -3.16. The van der Waals surface area contributed by atoms with Gasteiger partial charge < -0.3 is 15.0 Å². The lowest BCUT2D eigenvalue weighted by molar-refractivity contribution is -0.131. The Balaban J connectivity index is 1.57. The first-order valence-corrected chi connectivity index (χ1v) is 9.20. The lowest BCUT2D eigenvalue weighted by atomic mass is 9.87. The molecule has 2 aliphatic heterocycles. The molecule has 146 valence electrons. The van der Waals surface area contributed by atoms with E-state index in [9.17, 15) is 14.4 Å². The predicted octanol–water partition coefficient (Wildman–Crippen LogP) is 1.71. The number of hydrogen-bond acceptors (Lipinski definition) is 5. The van der Waals surface area contributed by atoms with E-state index >= 15 is 0 Å². The molecule has 2 fully saturated rings. The molecule has 0 saturated carbocycles. The van der Waals surface area contributed by atoms with Gasteiger partial charge in [-0.1, -0.05) is 12.1 Å². The van der Waals surface area contributed by atoms with Gasteiger partial charge in [-0.25, -0.2) is 9.78 Å². The number of ether oxygens (including phenoxy) is 1. The number of piperidine rings is 1. The molecule has 0 atom stereocenters. The molecule has 1 aromatic carbocycles. The van der Waals surface area contributed by atoms with Crippen molar-refractivity contribution in [2.24, 2.45) is 0 Å². The normalized spacial score (nSPS) is 18.7. The van der Waals surface area contributed by atoms with Gasteiger partial charge in [-0.15, -0.1) is 0 Å². The van der Waals surface area contributed by atoms with Crippen molar-refractivity contribution in [2.45, 2.75) is 25.3 Å². The number of fused-ring (bicyclic) bond motifs is 1. The van der Waals surface area contributed by atoms with Crippen LogP contribution in [0.2, 0.25) is 0 Å². The molecule has 2 saturated heterocycles. The van der Waals surface area contributed by atoms with Gasteiger partial charge in [-0.3, -0.25) is 14.5 Å². The number of rotatable bonds is 2. The average Bonchev–Trinajstić information content (AvgIpc) is 2.90. The van der Waals surface area contributed by atoms with Gasteiger partial charge in [-0.05, 0) is 31.9 Å². The fourth-order valence-corrected chi connectivity index (χ4v) is 4.00. The lowest BCUT2D eigenvalue weighted by Gasteiger charge is -2.37. The van der Waals surface area contributed by atoms with Crippen LogP contribution in [0.25, 0.3) is 10.9 Å². The molecule has 1 aromatic heterocycles. The zero-order valence-corrected chi connectivity index (χ0v) is 16.1. The predicted molar refractivity (Wildman–Crippen MR) is 102 cm³/mol. The Bertz CT molecular complexity index is 995. The number of carbonyl (C=O) groups excluding carboxylic acids is 3. The minimum absolute atomic E-state index is 0.116. The van der Waals surface area contributed by atoms with Crippen molar-refractivity contribution in [1.29, 1.82) is 0 Å². The molecule has 4 amide bonds. The largest absolute Gasteiger partial charge is 0.494 e. The molecule has 0 unspecified atom stereocenters. The van der Waals surface area contributed by atoms with Gasteiger partial charge in [0.05, 0.1) is 18.4 Å². The van der Waals surface area contributed by atoms with Gasteiger partial charge in [0.25, 0.3) is 11.8 Å². The zero-order chi connectivity index (χ0) is 20.1. The maximum atomic E-state index is 13.1. The summed E-state index contributed by atoms with van der Waals surface area (Å²) in [6.07, 6.45) is 0.809. The standard InChI is InChI=1S/C20H22N4O4/c1-12-14(11-13-5-4-6-15(28-3)16(13)21-12)17(25)24-9-7-20(8-10-24)18(26)23(2)19(27)22-20/h4-6,11H,7-10H2,1-3H3,(H,22,27). The molecule has 1 N–H and O–H groups in total. The van der Waals surface area contributed by atoms with E-state index in [4.69, 9.17) is 4.74 Å². The molecule has 0 bridgehead atoms. The van der Waals surface area contributed by atoms with Crippen molar-refractivity contribution in [3.63, 3.8) is 0 Å². The van der Waals surface area contributed by atoms with Crippen LogP contribution in [0.15, 0.2) is 24.3 Å². The number of pyridine rings is 1. The Labute approximate surface area is 162 Å². The van der Waals surface area contributed by atoms with Gasteiger partial charge in [0, 0.05) is 25.5 Å². The van der Waals surface area contributed by atoms with Crippen LogP contribution in [0.3, 0.4) is 0 Å². The number of likely N-dealkylation sites (tertiary alicyclic amines) is 1. The number of imide groups is 1. The molecule has 2 aromatic rings. The fourth-order valence-electron chi connectivity index (χ4n) is 4.00. The first kappa shape index (κ1) is 18.2. The number of urea groups is 1. The molecular formula is C20H22N4O4. The minimum Gasteiger partial charge on any atom is -0.494 e. The number of hydrogen-bond donors (Lipinski definition) is 1. The summed E-state index contributed by atoms with van der Waals surface area (Å²) in [6.45, 7) is 2.60. The summed E-state index contributed by atoms with van der Waals surface area (Å²) < 4.78 is 5.35. The highest BCUT2D eigenvalue weighted by atomic mass is 16.5. The number of nitrogens with zero attached hydrogens (tertiary/aromatic N) is 3. The Kier molecular flexibility index (Phi) is 4.21. The van der Waals surface area contributed by atoms with Crippen LogP contribution < -0.4 is 10.1 Å². The summed E-state index contributed by atoms with van der Waals surface area (Å²) in [5.41, 5.74) is 1.01.